The minimum atomic E-state index is -3.04. The van der Waals surface area contributed by atoms with Crippen molar-refractivity contribution in [3.05, 3.63) is 40.4 Å². The summed E-state index contributed by atoms with van der Waals surface area (Å²) in [5.41, 5.74) is 0.423. The van der Waals surface area contributed by atoms with Gasteiger partial charge in [-0.3, -0.25) is 9.36 Å². The molecule has 0 fully saturated rings. The molecule has 0 bridgehead atoms. The third-order valence-corrected chi connectivity index (χ3v) is 4.23. The van der Waals surface area contributed by atoms with Gasteiger partial charge >= 0.3 is 0 Å². The number of para-hydroxylation sites is 1. The summed E-state index contributed by atoms with van der Waals surface area (Å²) in [6, 6.07) is 7.04. The second kappa shape index (κ2) is 5.93. The van der Waals surface area contributed by atoms with Crippen molar-refractivity contribution in [2.45, 2.75) is 18.8 Å². The SMILES string of the molecule is CS(=O)(=O)CCCn1c(CCl)nc2ccccc2c1=O. The van der Waals surface area contributed by atoms with Gasteiger partial charge in [0.25, 0.3) is 5.56 Å². The van der Waals surface area contributed by atoms with E-state index in [0.717, 1.165) is 0 Å². The molecule has 1 heterocycles. The molecule has 0 aliphatic heterocycles. The Balaban J connectivity index is 2.41. The van der Waals surface area contributed by atoms with Crippen LogP contribution in [0.1, 0.15) is 12.2 Å². The zero-order chi connectivity index (χ0) is 14.8. The Labute approximate surface area is 122 Å². The lowest BCUT2D eigenvalue weighted by molar-refractivity contribution is 0.583. The average molecular weight is 315 g/mol. The summed E-state index contributed by atoms with van der Waals surface area (Å²) >= 11 is 5.83. The number of halogens is 1. The van der Waals surface area contributed by atoms with Crippen LogP contribution < -0.4 is 5.56 Å². The van der Waals surface area contributed by atoms with Gasteiger partial charge in [0.05, 0.1) is 22.5 Å². The number of alkyl halides is 1. The largest absolute Gasteiger partial charge is 0.295 e. The second-order valence-corrected chi connectivity index (χ2v) is 7.15. The van der Waals surface area contributed by atoms with E-state index in [4.69, 9.17) is 11.6 Å². The van der Waals surface area contributed by atoms with Crippen LogP contribution in [0.25, 0.3) is 10.9 Å². The zero-order valence-corrected chi connectivity index (χ0v) is 12.6. The Morgan fingerprint density at radius 3 is 2.65 bits per heavy atom. The van der Waals surface area contributed by atoms with Crippen LogP contribution in [0.5, 0.6) is 0 Å². The van der Waals surface area contributed by atoms with Crippen LogP contribution in [-0.2, 0) is 22.3 Å². The van der Waals surface area contributed by atoms with Crippen molar-refractivity contribution in [1.29, 1.82) is 0 Å². The van der Waals surface area contributed by atoms with Crippen molar-refractivity contribution in [1.82, 2.24) is 9.55 Å². The van der Waals surface area contributed by atoms with E-state index in [-0.39, 0.29) is 17.2 Å². The number of fused-ring (bicyclic) bond motifs is 1. The molecule has 0 aliphatic carbocycles. The Morgan fingerprint density at radius 2 is 2.00 bits per heavy atom. The lowest BCUT2D eigenvalue weighted by Gasteiger charge is -2.11. The van der Waals surface area contributed by atoms with Gasteiger partial charge in [-0.1, -0.05) is 12.1 Å². The number of hydrogen-bond donors (Lipinski definition) is 0. The first-order valence-electron chi connectivity index (χ1n) is 6.14. The zero-order valence-electron chi connectivity index (χ0n) is 11.0. The van der Waals surface area contributed by atoms with Crippen LogP contribution in [0.4, 0.5) is 0 Å². The molecule has 0 unspecified atom stereocenters. The minimum Gasteiger partial charge on any atom is -0.295 e. The van der Waals surface area contributed by atoms with Crippen LogP contribution in [0.2, 0.25) is 0 Å². The van der Waals surface area contributed by atoms with E-state index in [1.165, 1.54) is 10.8 Å². The van der Waals surface area contributed by atoms with Crippen LogP contribution in [0.15, 0.2) is 29.1 Å². The highest BCUT2D eigenvalue weighted by molar-refractivity contribution is 7.90. The van der Waals surface area contributed by atoms with Gasteiger partial charge in [0, 0.05) is 12.8 Å². The molecule has 108 valence electrons. The predicted molar refractivity (Wildman–Crippen MR) is 79.9 cm³/mol. The van der Waals surface area contributed by atoms with E-state index in [1.807, 2.05) is 0 Å². The van der Waals surface area contributed by atoms with Crippen molar-refractivity contribution in [3.63, 3.8) is 0 Å². The summed E-state index contributed by atoms with van der Waals surface area (Å²) < 4.78 is 23.7. The molecule has 2 rings (SSSR count). The molecule has 2 aromatic rings. The van der Waals surface area contributed by atoms with Crippen molar-refractivity contribution in [2.24, 2.45) is 0 Å². The summed E-state index contributed by atoms with van der Waals surface area (Å²) in [5, 5.41) is 0.515. The first-order chi connectivity index (χ1) is 9.42. The Hall–Kier alpha value is -1.40. The average Bonchev–Trinajstić information content (AvgIpc) is 2.40. The quantitative estimate of drug-likeness (QED) is 0.786. The van der Waals surface area contributed by atoms with Gasteiger partial charge in [-0.05, 0) is 18.6 Å². The van der Waals surface area contributed by atoms with E-state index in [2.05, 4.69) is 4.98 Å². The standard InChI is InChI=1S/C13H15ClN2O3S/c1-20(18,19)8-4-7-16-12(9-14)15-11-6-3-2-5-10(11)13(16)17/h2-3,5-6H,4,7-9H2,1H3. The number of sulfone groups is 1. The fourth-order valence-corrected chi connectivity index (χ4v) is 2.89. The van der Waals surface area contributed by atoms with E-state index < -0.39 is 9.84 Å². The maximum Gasteiger partial charge on any atom is 0.261 e. The molecule has 7 heteroatoms. The van der Waals surface area contributed by atoms with Gasteiger partial charge in [-0.15, -0.1) is 11.6 Å². The first-order valence-corrected chi connectivity index (χ1v) is 8.74. The Kier molecular flexibility index (Phi) is 4.45. The van der Waals surface area contributed by atoms with Crippen LogP contribution in [0.3, 0.4) is 0 Å². The van der Waals surface area contributed by atoms with Crippen LogP contribution >= 0.6 is 11.6 Å². The Bertz CT molecular complexity index is 784. The van der Waals surface area contributed by atoms with Gasteiger partial charge in [-0.25, -0.2) is 13.4 Å². The van der Waals surface area contributed by atoms with Crippen LogP contribution in [-0.4, -0.2) is 30.0 Å². The maximum atomic E-state index is 12.4. The molecule has 5 nitrogen and oxygen atoms in total. The van der Waals surface area contributed by atoms with Gasteiger partial charge in [-0.2, -0.15) is 0 Å². The number of benzene rings is 1. The molecular weight excluding hydrogens is 300 g/mol. The summed E-state index contributed by atoms with van der Waals surface area (Å²) in [6.07, 6.45) is 1.54. The molecule has 0 amide bonds. The topological polar surface area (TPSA) is 69.0 Å². The molecule has 1 aromatic carbocycles. The van der Waals surface area contributed by atoms with Crippen molar-refractivity contribution in [3.8, 4) is 0 Å². The smallest absolute Gasteiger partial charge is 0.261 e. The highest BCUT2D eigenvalue weighted by Crippen LogP contribution is 2.10. The number of rotatable bonds is 5. The molecule has 0 saturated heterocycles. The lowest BCUT2D eigenvalue weighted by Crippen LogP contribution is -2.26. The summed E-state index contributed by atoms with van der Waals surface area (Å²) in [7, 11) is -3.04. The second-order valence-electron chi connectivity index (χ2n) is 4.62. The molecule has 0 atom stereocenters. The predicted octanol–water partition coefficient (Wildman–Crippen LogP) is 1.57. The van der Waals surface area contributed by atoms with Crippen LogP contribution in [0, 0.1) is 0 Å². The monoisotopic (exact) mass is 314 g/mol. The normalized spacial score (nSPS) is 11.9. The van der Waals surface area contributed by atoms with Crippen molar-refractivity contribution >= 4 is 32.3 Å². The number of hydrogen-bond acceptors (Lipinski definition) is 4. The molecule has 0 N–H and O–H groups in total. The van der Waals surface area contributed by atoms with Gasteiger partial charge in [0.2, 0.25) is 0 Å². The summed E-state index contributed by atoms with van der Waals surface area (Å²) in [4.78, 5) is 16.7. The molecule has 0 aliphatic rings. The van der Waals surface area contributed by atoms with E-state index in [1.54, 1.807) is 24.3 Å². The highest BCUT2D eigenvalue weighted by Gasteiger charge is 2.11. The maximum absolute atomic E-state index is 12.4. The molecule has 0 radical (unpaired) electrons. The molecule has 20 heavy (non-hydrogen) atoms. The van der Waals surface area contributed by atoms with E-state index >= 15 is 0 Å². The van der Waals surface area contributed by atoms with E-state index in [9.17, 15) is 13.2 Å². The van der Waals surface area contributed by atoms with Gasteiger partial charge in [0.1, 0.15) is 15.7 Å². The van der Waals surface area contributed by atoms with Gasteiger partial charge < -0.3 is 0 Å². The number of aromatic nitrogens is 2. The fourth-order valence-electron chi connectivity index (χ4n) is 2.03. The first kappa shape index (κ1) is 15.0. The third-order valence-electron chi connectivity index (χ3n) is 2.96. The van der Waals surface area contributed by atoms with E-state index in [0.29, 0.717) is 29.7 Å². The van der Waals surface area contributed by atoms with Crippen molar-refractivity contribution < 1.29 is 8.42 Å². The lowest BCUT2D eigenvalue weighted by atomic mass is 10.2. The minimum absolute atomic E-state index is 0.0357. The van der Waals surface area contributed by atoms with Gasteiger partial charge in [0.15, 0.2) is 0 Å². The third kappa shape index (κ3) is 3.37. The number of nitrogens with zero attached hydrogens (tertiary/aromatic N) is 2. The summed E-state index contributed by atoms with van der Waals surface area (Å²) in [5.74, 6) is 0.608. The Morgan fingerprint density at radius 1 is 1.30 bits per heavy atom. The van der Waals surface area contributed by atoms with Crippen molar-refractivity contribution in [2.75, 3.05) is 12.0 Å². The molecule has 0 spiro atoms. The molecule has 1 aromatic heterocycles. The summed E-state index contributed by atoms with van der Waals surface area (Å²) in [6.45, 7) is 0.297. The highest BCUT2D eigenvalue weighted by atomic mass is 35.5. The fraction of sp³-hybridized carbons (Fsp3) is 0.385. The molecule has 0 saturated carbocycles. The molecular formula is C13H15ClN2O3S.